The van der Waals surface area contributed by atoms with E-state index in [0.29, 0.717) is 0 Å². The fourth-order valence-electron chi connectivity index (χ4n) is 4.00. The lowest BCUT2D eigenvalue weighted by atomic mass is 10.00. The molecule has 2 aromatic heterocycles. The van der Waals surface area contributed by atoms with Crippen molar-refractivity contribution in [1.82, 2.24) is 15.0 Å². The van der Waals surface area contributed by atoms with E-state index in [9.17, 15) is 0 Å². The molecule has 0 spiro atoms. The van der Waals surface area contributed by atoms with Crippen LogP contribution in [0.5, 0.6) is 0 Å². The largest absolute Gasteiger partial charge is 0.338 e. The van der Waals surface area contributed by atoms with Gasteiger partial charge in [-0.3, -0.25) is 9.98 Å². The number of aromatic amines is 1. The fourth-order valence-corrected chi connectivity index (χ4v) is 4.00. The van der Waals surface area contributed by atoms with Gasteiger partial charge in [0, 0.05) is 24.4 Å². The average molecular weight is 386 g/mol. The molecule has 4 nitrogen and oxygen atoms in total. The van der Waals surface area contributed by atoms with Crippen LogP contribution in [0.1, 0.15) is 11.1 Å². The summed E-state index contributed by atoms with van der Waals surface area (Å²) in [6.07, 6.45) is 4.44. The van der Waals surface area contributed by atoms with Crippen LogP contribution in [-0.4, -0.2) is 20.7 Å². The SMILES string of the molecule is c1ccc(C2=Nc3cc(-c4ccc5nc(-c6ccncc6)[nH]c5c4)ccc3C2)cc1. The molecule has 0 radical (unpaired) electrons. The molecule has 1 aliphatic rings. The molecule has 1 N–H and O–H groups in total. The minimum atomic E-state index is 0.857. The number of hydrogen-bond donors (Lipinski definition) is 1. The molecule has 5 aromatic rings. The summed E-state index contributed by atoms with van der Waals surface area (Å²) in [6.45, 7) is 0. The maximum Gasteiger partial charge on any atom is 0.138 e. The molecule has 0 amide bonds. The lowest BCUT2D eigenvalue weighted by molar-refractivity contribution is 1.28. The summed E-state index contributed by atoms with van der Waals surface area (Å²) in [5, 5.41) is 0. The molecule has 0 saturated carbocycles. The molecule has 6 rings (SSSR count). The van der Waals surface area contributed by atoms with Crippen molar-refractivity contribution in [2.45, 2.75) is 6.42 Å². The highest BCUT2D eigenvalue weighted by Crippen LogP contribution is 2.34. The zero-order chi connectivity index (χ0) is 19.9. The van der Waals surface area contributed by atoms with Crippen molar-refractivity contribution in [3.63, 3.8) is 0 Å². The van der Waals surface area contributed by atoms with Crippen molar-refractivity contribution in [2.24, 2.45) is 4.99 Å². The predicted octanol–water partition coefficient (Wildman–Crippen LogP) is 5.97. The first-order valence-corrected chi connectivity index (χ1v) is 10.00. The molecule has 3 heterocycles. The van der Waals surface area contributed by atoms with Gasteiger partial charge in [-0.25, -0.2) is 4.98 Å². The Labute approximate surface area is 174 Å². The van der Waals surface area contributed by atoms with Crippen LogP contribution in [0.15, 0.2) is 96.2 Å². The number of aliphatic imine (C=N–C) groups is 1. The normalized spacial score (nSPS) is 12.7. The van der Waals surface area contributed by atoms with Crippen molar-refractivity contribution in [1.29, 1.82) is 0 Å². The van der Waals surface area contributed by atoms with E-state index in [-0.39, 0.29) is 0 Å². The Morgan fingerprint density at radius 3 is 2.37 bits per heavy atom. The average Bonchev–Trinajstić information content (AvgIpc) is 3.43. The highest BCUT2D eigenvalue weighted by molar-refractivity contribution is 6.06. The third-order valence-electron chi connectivity index (χ3n) is 5.57. The van der Waals surface area contributed by atoms with Gasteiger partial charge in [0.1, 0.15) is 5.82 Å². The van der Waals surface area contributed by atoms with Crippen LogP contribution in [0.4, 0.5) is 5.69 Å². The fraction of sp³-hybridized carbons (Fsp3) is 0.0385. The van der Waals surface area contributed by atoms with Gasteiger partial charge in [-0.05, 0) is 52.6 Å². The Hall–Kier alpha value is -4.05. The molecule has 0 atom stereocenters. The Balaban J connectivity index is 1.37. The molecule has 0 bridgehead atoms. The molecule has 1 aliphatic heterocycles. The van der Waals surface area contributed by atoms with Crippen LogP contribution in [0.3, 0.4) is 0 Å². The van der Waals surface area contributed by atoms with Gasteiger partial charge in [-0.2, -0.15) is 0 Å². The lowest BCUT2D eigenvalue weighted by Gasteiger charge is -2.04. The van der Waals surface area contributed by atoms with Crippen molar-refractivity contribution in [2.75, 3.05) is 0 Å². The van der Waals surface area contributed by atoms with Crippen LogP contribution in [-0.2, 0) is 6.42 Å². The lowest BCUT2D eigenvalue weighted by Crippen LogP contribution is -1.99. The summed E-state index contributed by atoms with van der Waals surface area (Å²) in [6, 6.07) is 27.2. The summed E-state index contributed by atoms with van der Waals surface area (Å²) >= 11 is 0. The quantitative estimate of drug-likeness (QED) is 0.415. The molecule has 3 aromatic carbocycles. The van der Waals surface area contributed by atoms with Gasteiger partial charge < -0.3 is 4.98 Å². The number of hydrogen-bond acceptors (Lipinski definition) is 3. The van der Waals surface area contributed by atoms with Crippen molar-refractivity contribution >= 4 is 22.4 Å². The van der Waals surface area contributed by atoms with Gasteiger partial charge in [-0.15, -0.1) is 0 Å². The molecule has 0 aliphatic carbocycles. The Morgan fingerprint density at radius 2 is 1.50 bits per heavy atom. The zero-order valence-electron chi connectivity index (χ0n) is 16.2. The number of imidazole rings is 1. The van der Waals surface area contributed by atoms with E-state index < -0.39 is 0 Å². The molecule has 0 unspecified atom stereocenters. The minimum Gasteiger partial charge on any atom is -0.338 e. The van der Waals surface area contributed by atoms with Gasteiger partial charge in [0.2, 0.25) is 0 Å². The van der Waals surface area contributed by atoms with E-state index in [2.05, 4.69) is 70.6 Å². The van der Waals surface area contributed by atoms with E-state index in [1.165, 1.54) is 11.1 Å². The van der Waals surface area contributed by atoms with Crippen LogP contribution in [0, 0.1) is 0 Å². The van der Waals surface area contributed by atoms with E-state index in [1.807, 2.05) is 18.2 Å². The van der Waals surface area contributed by atoms with Gasteiger partial charge >= 0.3 is 0 Å². The smallest absolute Gasteiger partial charge is 0.138 e. The summed E-state index contributed by atoms with van der Waals surface area (Å²) in [7, 11) is 0. The number of rotatable bonds is 3. The summed E-state index contributed by atoms with van der Waals surface area (Å²) < 4.78 is 0. The molecule has 0 fully saturated rings. The molecule has 142 valence electrons. The second-order valence-electron chi connectivity index (χ2n) is 7.50. The van der Waals surface area contributed by atoms with Crippen LogP contribution >= 0.6 is 0 Å². The molecule has 0 saturated heterocycles. The summed E-state index contributed by atoms with van der Waals surface area (Å²) in [5.74, 6) is 0.857. The number of fused-ring (bicyclic) bond motifs is 2. The first-order valence-electron chi connectivity index (χ1n) is 10.00. The van der Waals surface area contributed by atoms with E-state index in [1.54, 1.807) is 12.4 Å². The van der Waals surface area contributed by atoms with Gasteiger partial charge in [0.25, 0.3) is 0 Å². The van der Waals surface area contributed by atoms with E-state index in [0.717, 1.165) is 51.4 Å². The van der Waals surface area contributed by atoms with Crippen molar-refractivity contribution in [3.8, 4) is 22.5 Å². The Bertz CT molecular complexity index is 1400. The van der Waals surface area contributed by atoms with Crippen LogP contribution in [0.2, 0.25) is 0 Å². The third kappa shape index (κ3) is 2.90. The number of aromatic nitrogens is 3. The molecule has 30 heavy (non-hydrogen) atoms. The van der Waals surface area contributed by atoms with Crippen molar-refractivity contribution in [3.05, 3.63) is 102 Å². The minimum absolute atomic E-state index is 0.857. The highest BCUT2D eigenvalue weighted by atomic mass is 14.9. The predicted molar refractivity (Wildman–Crippen MR) is 121 cm³/mol. The summed E-state index contributed by atoms with van der Waals surface area (Å²) in [4.78, 5) is 17.1. The van der Waals surface area contributed by atoms with Gasteiger partial charge in [0.15, 0.2) is 0 Å². The standard InChI is InChI=1S/C26H18N4/c1-2-4-17(5-3-1)23-16-21-7-6-19(14-24(21)28-23)20-8-9-22-25(15-20)30-26(29-22)18-10-12-27-13-11-18/h1-15H,16H2,(H,29,30). The topological polar surface area (TPSA) is 53.9 Å². The number of pyridine rings is 1. The number of H-pyrrole nitrogens is 1. The first-order chi connectivity index (χ1) is 14.8. The highest BCUT2D eigenvalue weighted by Gasteiger charge is 2.17. The molecular weight excluding hydrogens is 368 g/mol. The second kappa shape index (κ2) is 6.78. The molecule has 4 heteroatoms. The van der Waals surface area contributed by atoms with Gasteiger partial charge in [-0.1, -0.05) is 48.5 Å². The summed E-state index contributed by atoms with van der Waals surface area (Å²) in [5.41, 5.74) is 9.99. The van der Waals surface area contributed by atoms with E-state index in [4.69, 9.17) is 9.98 Å². The number of benzene rings is 3. The number of nitrogens with one attached hydrogen (secondary N) is 1. The van der Waals surface area contributed by atoms with Crippen LogP contribution < -0.4 is 0 Å². The van der Waals surface area contributed by atoms with Gasteiger partial charge in [0.05, 0.1) is 22.4 Å². The first kappa shape index (κ1) is 16.9. The molecular formula is C26H18N4. The maximum atomic E-state index is 4.90. The Morgan fingerprint density at radius 1 is 0.700 bits per heavy atom. The van der Waals surface area contributed by atoms with Crippen LogP contribution in [0.25, 0.3) is 33.5 Å². The Kier molecular flexibility index (Phi) is 3.81. The number of nitrogens with zero attached hydrogens (tertiary/aromatic N) is 3. The zero-order valence-corrected chi connectivity index (χ0v) is 16.2. The third-order valence-corrected chi connectivity index (χ3v) is 5.57. The second-order valence-corrected chi connectivity index (χ2v) is 7.50. The monoisotopic (exact) mass is 386 g/mol. The van der Waals surface area contributed by atoms with Crippen molar-refractivity contribution < 1.29 is 0 Å². The van der Waals surface area contributed by atoms with E-state index >= 15 is 0 Å². The maximum absolute atomic E-state index is 4.90.